The Morgan fingerprint density at radius 1 is 0.368 bits per heavy atom. The smallest absolute Gasteiger partial charge is 0.338 e. The lowest BCUT2D eigenvalue weighted by Crippen LogP contribution is -2.63. The van der Waals surface area contributed by atoms with Gasteiger partial charge in [0.25, 0.3) is 5.91 Å². The van der Waals surface area contributed by atoms with Gasteiger partial charge >= 0.3 is 17.9 Å². The van der Waals surface area contributed by atoms with Crippen molar-refractivity contribution in [3.05, 3.63) is 215 Å². The van der Waals surface area contributed by atoms with Crippen LogP contribution in [0.2, 0.25) is 0 Å². The summed E-state index contributed by atoms with van der Waals surface area (Å²) >= 11 is 0. The molecular formula is C92H129NO13. The van der Waals surface area contributed by atoms with Gasteiger partial charge in [-0.3, -0.25) is 9.59 Å². The normalized spacial score (nSPS) is 16.9. The molecule has 0 spiro atoms. The second-order valence-electron chi connectivity index (χ2n) is 29.1. The molecule has 580 valence electrons. The van der Waals surface area contributed by atoms with Gasteiger partial charge < -0.3 is 47.9 Å². The van der Waals surface area contributed by atoms with E-state index in [2.05, 4.69) is 19.2 Å². The molecule has 0 radical (unpaired) electrons. The topological polar surface area (TPSA) is 163 Å². The molecule has 1 aliphatic rings. The molecule has 0 aromatic heterocycles. The van der Waals surface area contributed by atoms with Crippen LogP contribution in [0, 0.1) is 0 Å². The average molecular weight is 1460 g/mol. The molecule has 0 bridgehead atoms. The number of carbonyl (C=O) groups excluding carboxylic acids is 4. The number of rotatable bonds is 59. The van der Waals surface area contributed by atoms with Crippen molar-refractivity contribution in [2.75, 3.05) is 13.2 Å². The van der Waals surface area contributed by atoms with Crippen LogP contribution in [-0.4, -0.2) is 92.1 Å². The van der Waals surface area contributed by atoms with Gasteiger partial charge in [-0.2, -0.15) is 0 Å². The Morgan fingerprint density at radius 2 is 0.708 bits per heavy atom. The summed E-state index contributed by atoms with van der Waals surface area (Å²) in [4.78, 5) is 58.3. The van der Waals surface area contributed by atoms with Crippen LogP contribution < -0.4 is 5.32 Å². The van der Waals surface area contributed by atoms with Crippen molar-refractivity contribution in [1.29, 1.82) is 0 Å². The van der Waals surface area contributed by atoms with E-state index in [1.807, 2.05) is 133 Å². The van der Waals surface area contributed by atoms with E-state index in [9.17, 15) is 14.4 Å². The van der Waals surface area contributed by atoms with Gasteiger partial charge in [-0.25, -0.2) is 9.59 Å². The van der Waals surface area contributed by atoms with E-state index >= 15 is 4.79 Å². The Morgan fingerprint density at radius 3 is 1.10 bits per heavy atom. The van der Waals surface area contributed by atoms with Crippen LogP contribution in [0.4, 0.5) is 0 Å². The van der Waals surface area contributed by atoms with Gasteiger partial charge in [0, 0.05) is 6.92 Å². The molecule has 1 heterocycles. The molecule has 1 N–H and O–H groups in total. The molecule has 9 atom stereocenters. The van der Waals surface area contributed by atoms with Crippen molar-refractivity contribution in [1.82, 2.24) is 5.32 Å². The van der Waals surface area contributed by atoms with Gasteiger partial charge in [0.05, 0.1) is 56.8 Å². The maximum absolute atomic E-state index is 15.5. The lowest BCUT2D eigenvalue weighted by Gasteiger charge is -2.46. The average Bonchev–Trinajstić information content (AvgIpc) is 0.780. The Kier molecular flexibility index (Phi) is 44.3. The third-order valence-corrected chi connectivity index (χ3v) is 20.2. The Balaban J connectivity index is 1.18. The molecule has 6 aromatic carbocycles. The molecule has 1 saturated heterocycles. The summed E-state index contributed by atoms with van der Waals surface area (Å²) in [7, 11) is 0. The first-order valence-electron chi connectivity index (χ1n) is 41.0. The number of esters is 3. The fourth-order valence-corrected chi connectivity index (χ4v) is 14.0. The molecule has 0 saturated carbocycles. The summed E-state index contributed by atoms with van der Waals surface area (Å²) < 4.78 is 61.6. The third kappa shape index (κ3) is 35.3. The van der Waals surface area contributed by atoms with Crippen LogP contribution in [0.15, 0.2) is 182 Å². The molecule has 1 aliphatic heterocycles. The number of hydrogen-bond donors (Lipinski definition) is 1. The van der Waals surface area contributed by atoms with E-state index in [1.54, 1.807) is 48.5 Å². The first-order valence-corrected chi connectivity index (χ1v) is 41.0. The summed E-state index contributed by atoms with van der Waals surface area (Å²) in [6.07, 6.45) is 30.0. The largest absolute Gasteiger partial charge is 0.455 e. The fourth-order valence-electron chi connectivity index (χ4n) is 14.0. The van der Waals surface area contributed by atoms with E-state index in [-0.39, 0.29) is 51.4 Å². The number of ether oxygens (including phenoxy) is 9. The molecule has 14 nitrogen and oxygen atoms in total. The minimum atomic E-state index is -1.39. The maximum Gasteiger partial charge on any atom is 0.338 e. The molecule has 1 fully saturated rings. The highest BCUT2D eigenvalue weighted by Gasteiger charge is 2.50. The summed E-state index contributed by atoms with van der Waals surface area (Å²) in [5, 5.41) is 3.23. The maximum atomic E-state index is 15.5. The van der Waals surface area contributed by atoms with Gasteiger partial charge in [-0.05, 0) is 72.2 Å². The quantitative estimate of drug-likeness (QED) is 0.0218. The predicted octanol–water partition coefficient (Wildman–Crippen LogP) is 21.9. The molecule has 1 amide bonds. The van der Waals surface area contributed by atoms with Crippen molar-refractivity contribution in [3.63, 3.8) is 0 Å². The van der Waals surface area contributed by atoms with Crippen LogP contribution in [0.5, 0.6) is 0 Å². The zero-order valence-electron chi connectivity index (χ0n) is 64.6. The standard InChI is InChI=1S/C92H129NO13/c1-4-6-8-10-12-14-16-18-19-20-21-22-23-24-25-27-29-31-33-53-67-83(103-74(3)94)89(95)93-81(85(106-91(97)80-64-50-39-51-65-80)82(104-90(96)79-62-48-38-49-63-79)66-52-32-30-28-26-17-15-13-11-9-7-5-2)72-102-92-88(101-71-78-60-46-37-47-61-78)87(100-70-77-58-44-36-45-59-77)86(99-69-76-56-42-35-43-57-76)84(105-92)73-98-68-75-54-40-34-41-55-75/h34-51,54-65,81-88,92H,4-33,52-53,66-73H2,1-3H3,(H,93,95)/t81-,82+,83+,84+,85-,86-,87-,88+,92-/m0/s1. The van der Waals surface area contributed by atoms with E-state index in [0.29, 0.717) is 18.4 Å². The second kappa shape index (κ2) is 54.5. The molecule has 0 unspecified atom stereocenters. The van der Waals surface area contributed by atoms with E-state index in [0.717, 1.165) is 73.6 Å². The van der Waals surface area contributed by atoms with Crippen LogP contribution in [0.1, 0.15) is 282 Å². The Bertz CT molecular complexity index is 3180. The van der Waals surface area contributed by atoms with E-state index in [1.165, 1.54) is 148 Å². The molecule has 14 heteroatoms. The predicted molar refractivity (Wildman–Crippen MR) is 423 cm³/mol. The fraction of sp³-hybridized carbons (Fsp3) is 0.565. The first-order chi connectivity index (χ1) is 52.2. The van der Waals surface area contributed by atoms with Gasteiger partial charge in [0.2, 0.25) is 0 Å². The molecule has 7 rings (SSSR count). The highest BCUT2D eigenvalue weighted by Crippen LogP contribution is 2.33. The van der Waals surface area contributed by atoms with Crippen molar-refractivity contribution >= 4 is 23.8 Å². The first kappa shape index (κ1) is 86.2. The minimum Gasteiger partial charge on any atom is -0.455 e. The molecule has 0 aliphatic carbocycles. The number of nitrogens with one attached hydrogen (secondary N) is 1. The SMILES string of the molecule is CCCCCCCCCCCCCCCCCCCCCC[C@@H](OC(C)=O)C(=O)N[C@@H](CO[C@H]1O[C@H](COCc2ccccc2)[C@H](OCc2ccccc2)[C@H](OCc2ccccc2)[C@H]1OCc1ccccc1)[C@H](OC(=O)c1ccccc1)[C@@H](CCCCCCCCCCCCCC)OC(=O)c1ccccc1. The number of carbonyl (C=O) groups is 4. The zero-order chi connectivity index (χ0) is 74.5. The van der Waals surface area contributed by atoms with Gasteiger partial charge in [0.15, 0.2) is 18.5 Å². The Labute approximate surface area is 636 Å². The second-order valence-corrected chi connectivity index (χ2v) is 29.1. The number of hydrogen-bond acceptors (Lipinski definition) is 13. The van der Waals surface area contributed by atoms with Gasteiger partial charge in [-0.15, -0.1) is 0 Å². The number of benzene rings is 6. The van der Waals surface area contributed by atoms with Crippen molar-refractivity contribution in [3.8, 4) is 0 Å². The lowest BCUT2D eigenvalue weighted by atomic mass is 9.97. The number of amides is 1. The van der Waals surface area contributed by atoms with Crippen LogP contribution in [-0.2, 0) is 78.6 Å². The van der Waals surface area contributed by atoms with E-state index < -0.39 is 85.5 Å². The van der Waals surface area contributed by atoms with Crippen LogP contribution in [0.3, 0.4) is 0 Å². The molecule has 106 heavy (non-hydrogen) atoms. The summed E-state index contributed by atoms with van der Waals surface area (Å²) in [6.45, 7) is 6.26. The summed E-state index contributed by atoms with van der Waals surface area (Å²) in [5.74, 6) is -2.57. The van der Waals surface area contributed by atoms with Gasteiger partial charge in [-0.1, -0.05) is 364 Å². The lowest BCUT2D eigenvalue weighted by molar-refractivity contribution is -0.329. The third-order valence-electron chi connectivity index (χ3n) is 20.2. The molecular weight excluding hydrogens is 1330 g/mol. The summed E-state index contributed by atoms with van der Waals surface area (Å²) in [6, 6.07) is 55.6. The van der Waals surface area contributed by atoms with E-state index in [4.69, 9.17) is 42.6 Å². The van der Waals surface area contributed by atoms with Crippen LogP contribution in [0.25, 0.3) is 0 Å². The zero-order valence-corrected chi connectivity index (χ0v) is 64.6. The van der Waals surface area contributed by atoms with Gasteiger partial charge in [0.1, 0.15) is 30.5 Å². The van der Waals surface area contributed by atoms with Crippen molar-refractivity contribution in [2.24, 2.45) is 0 Å². The summed E-state index contributed by atoms with van der Waals surface area (Å²) in [5.41, 5.74) is 4.25. The minimum absolute atomic E-state index is 0.0441. The highest BCUT2D eigenvalue weighted by atomic mass is 16.7. The van der Waals surface area contributed by atoms with Crippen molar-refractivity contribution in [2.45, 2.75) is 321 Å². The number of unbranched alkanes of at least 4 members (excludes halogenated alkanes) is 30. The molecule has 6 aromatic rings. The Hall–Kier alpha value is -7.04. The monoisotopic (exact) mass is 1460 g/mol. The van der Waals surface area contributed by atoms with Crippen LogP contribution >= 0.6 is 0 Å². The highest BCUT2D eigenvalue weighted by molar-refractivity contribution is 5.90. The van der Waals surface area contributed by atoms with Crippen molar-refractivity contribution < 1.29 is 61.8 Å².